The van der Waals surface area contributed by atoms with Gasteiger partial charge in [0.2, 0.25) is 0 Å². The molecule has 128 valence electrons. The number of carbonyl (C=O) groups is 2. The number of esters is 1. The summed E-state index contributed by atoms with van der Waals surface area (Å²) in [6.45, 7) is 3.48. The van der Waals surface area contributed by atoms with Gasteiger partial charge in [-0.3, -0.25) is 9.78 Å². The van der Waals surface area contributed by atoms with Crippen LogP contribution in [-0.2, 0) is 9.53 Å². The van der Waals surface area contributed by atoms with E-state index >= 15 is 0 Å². The van der Waals surface area contributed by atoms with Crippen molar-refractivity contribution >= 4 is 28.6 Å². The lowest BCUT2D eigenvalue weighted by Crippen LogP contribution is -2.32. The second-order valence-corrected chi connectivity index (χ2v) is 5.49. The molecule has 1 amide bonds. The molecular formula is C18H17N3O4. The van der Waals surface area contributed by atoms with Crippen LogP contribution in [0.2, 0.25) is 0 Å². The van der Waals surface area contributed by atoms with Crippen LogP contribution >= 0.6 is 0 Å². The molecule has 1 N–H and O–H groups in total. The monoisotopic (exact) mass is 339 g/mol. The predicted octanol–water partition coefficient (Wildman–Crippen LogP) is 3.11. The Morgan fingerprint density at radius 3 is 2.84 bits per heavy atom. The largest absolute Gasteiger partial charge is 0.449 e. The van der Waals surface area contributed by atoms with Gasteiger partial charge in [0.25, 0.3) is 5.91 Å². The Labute approximate surface area is 144 Å². The first-order valence-corrected chi connectivity index (χ1v) is 7.87. The molecule has 2 heterocycles. The highest BCUT2D eigenvalue weighted by molar-refractivity contribution is 6.04. The standard InChI is InChI=1S/C18H17N3O4/c1-3-15(17(22)20-16-10-11(2)25-21-16)24-18(23)13-6-4-8-14-12(13)7-5-9-19-14/h4-10,15H,3H2,1-2H3,(H,20,21,22)/t15-/m0/s1. The van der Waals surface area contributed by atoms with Crippen molar-refractivity contribution in [2.75, 3.05) is 5.32 Å². The SMILES string of the molecule is CC[C@H](OC(=O)c1cccc2ncccc12)C(=O)Nc1cc(C)on1. The fourth-order valence-electron chi connectivity index (χ4n) is 2.43. The van der Waals surface area contributed by atoms with Gasteiger partial charge in [-0.15, -0.1) is 0 Å². The molecule has 7 nitrogen and oxygen atoms in total. The molecule has 1 aromatic carbocycles. The van der Waals surface area contributed by atoms with Crippen LogP contribution in [0.25, 0.3) is 10.9 Å². The molecule has 0 aliphatic rings. The average Bonchev–Trinajstić information content (AvgIpc) is 3.03. The minimum Gasteiger partial charge on any atom is -0.449 e. The van der Waals surface area contributed by atoms with Crippen molar-refractivity contribution in [2.45, 2.75) is 26.4 Å². The average molecular weight is 339 g/mol. The molecule has 0 saturated carbocycles. The molecule has 0 saturated heterocycles. The molecule has 0 unspecified atom stereocenters. The van der Waals surface area contributed by atoms with E-state index in [1.807, 2.05) is 6.07 Å². The van der Waals surface area contributed by atoms with Crippen LogP contribution < -0.4 is 5.32 Å². The van der Waals surface area contributed by atoms with Gasteiger partial charge in [0.1, 0.15) is 5.76 Å². The number of carbonyl (C=O) groups excluding carboxylic acids is 2. The molecule has 0 fully saturated rings. The maximum absolute atomic E-state index is 12.5. The van der Waals surface area contributed by atoms with Gasteiger partial charge in [0, 0.05) is 17.6 Å². The summed E-state index contributed by atoms with van der Waals surface area (Å²) in [5, 5.41) is 6.95. The third kappa shape index (κ3) is 3.65. The van der Waals surface area contributed by atoms with Gasteiger partial charge in [-0.2, -0.15) is 0 Å². The zero-order chi connectivity index (χ0) is 17.8. The lowest BCUT2D eigenvalue weighted by Gasteiger charge is -2.15. The summed E-state index contributed by atoms with van der Waals surface area (Å²) < 4.78 is 10.3. The number of aromatic nitrogens is 2. The summed E-state index contributed by atoms with van der Waals surface area (Å²) in [6, 6.07) is 10.3. The maximum Gasteiger partial charge on any atom is 0.339 e. The van der Waals surface area contributed by atoms with E-state index in [9.17, 15) is 9.59 Å². The number of anilines is 1. The Bertz CT molecular complexity index is 914. The first-order chi connectivity index (χ1) is 12.1. The van der Waals surface area contributed by atoms with Crippen molar-refractivity contribution in [3.05, 3.63) is 53.9 Å². The zero-order valence-corrected chi connectivity index (χ0v) is 13.9. The fourth-order valence-corrected chi connectivity index (χ4v) is 2.43. The van der Waals surface area contributed by atoms with Crippen molar-refractivity contribution in [2.24, 2.45) is 0 Å². The van der Waals surface area contributed by atoms with Crippen molar-refractivity contribution in [1.29, 1.82) is 0 Å². The number of nitrogens with one attached hydrogen (secondary N) is 1. The molecule has 0 bridgehead atoms. The second-order valence-electron chi connectivity index (χ2n) is 5.49. The van der Waals surface area contributed by atoms with Gasteiger partial charge in [0.05, 0.1) is 11.1 Å². The highest BCUT2D eigenvalue weighted by Gasteiger charge is 2.24. The van der Waals surface area contributed by atoms with Crippen LogP contribution in [0.5, 0.6) is 0 Å². The molecule has 1 atom stereocenters. The normalized spacial score (nSPS) is 11.9. The third-order valence-corrected chi connectivity index (χ3v) is 3.66. The van der Waals surface area contributed by atoms with Gasteiger partial charge in [0.15, 0.2) is 11.9 Å². The number of aryl methyl sites for hydroxylation is 1. The van der Waals surface area contributed by atoms with Gasteiger partial charge in [-0.05, 0) is 31.5 Å². The highest BCUT2D eigenvalue weighted by atomic mass is 16.5. The summed E-state index contributed by atoms with van der Waals surface area (Å²) in [5.74, 6) is -0.172. The lowest BCUT2D eigenvalue weighted by molar-refractivity contribution is -0.124. The van der Waals surface area contributed by atoms with Crippen LogP contribution in [0.3, 0.4) is 0 Å². The zero-order valence-electron chi connectivity index (χ0n) is 13.9. The second kappa shape index (κ2) is 7.12. The summed E-state index contributed by atoms with van der Waals surface area (Å²) >= 11 is 0. The molecule has 0 aliphatic carbocycles. The number of pyridine rings is 1. The van der Waals surface area contributed by atoms with E-state index in [1.54, 1.807) is 50.4 Å². The molecular weight excluding hydrogens is 322 g/mol. The number of rotatable bonds is 5. The van der Waals surface area contributed by atoms with Gasteiger partial charge in [-0.1, -0.05) is 24.2 Å². The van der Waals surface area contributed by atoms with Crippen molar-refractivity contribution in [3.63, 3.8) is 0 Å². The van der Waals surface area contributed by atoms with Crippen LogP contribution in [0.15, 0.2) is 47.1 Å². The molecule has 7 heteroatoms. The molecule has 2 aromatic heterocycles. The topological polar surface area (TPSA) is 94.3 Å². The third-order valence-electron chi connectivity index (χ3n) is 3.66. The molecule has 0 spiro atoms. The van der Waals surface area contributed by atoms with Crippen LogP contribution in [0.1, 0.15) is 29.5 Å². The summed E-state index contributed by atoms with van der Waals surface area (Å²) in [5.41, 5.74) is 1.06. The van der Waals surface area contributed by atoms with E-state index in [0.29, 0.717) is 28.6 Å². The van der Waals surface area contributed by atoms with Crippen LogP contribution in [0.4, 0.5) is 5.82 Å². The predicted molar refractivity (Wildman–Crippen MR) is 91.1 cm³/mol. The van der Waals surface area contributed by atoms with E-state index in [-0.39, 0.29) is 5.82 Å². The summed E-state index contributed by atoms with van der Waals surface area (Å²) in [6.07, 6.45) is 1.05. The summed E-state index contributed by atoms with van der Waals surface area (Å²) in [4.78, 5) is 29.0. The number of benzene rings is 1. The van der Waals surface area contributed by atoms with Crippen LogP contribution in [0, 0.1) is 6.92 Å². The van der Waals surface area contributed by atoms with Gasteiger partial charge >= 0.3 is 5.97 Å². The summed E-state index contributed by atoms with van der Waals surface area (Å²) in [7, 11) is 0. The number of hydrogen-bond donors (Lipinski definition) is 1. The molecule has 3 rings (SSSR count). The van der Waals surface area contributed by atoms with Gasteiger partial charge in [-0.25, -0.2) is 4.79 Å². The molecule has 0 aliphatic heterocycles. The molecule has 3 aromatic rings. The molecule has 0 radical (unpaired) electrons. The van der Waals surface area contributed by atoms with Gasteiger partial charge < -0.3 is 14.6 Å². The Morgan fingerprint density at radius 1 is 1.28 bits per heavy atom. The Kier molecular flexibility index (Phi) is 4.74. The van der Waals surface area contributed by atoms with Crippen LogP contribution in [-0.4, -0.2) is 28.1 Å². The number of amides is 1. The van der Waals surface area contributed by atoms with E-state index in [1.165, 1.54) is 0 Å². The number of hydrogen-bond acceptors (Lipinski definition) is 6. The van der Waals surface area contributed by atoms with Crippen molar-refractivity contribution in [3.8, 4) is 0 Å². The molecule has 25 heavy (non-hydrogen) atoms. The first-order valence-electron chi connectivity index (χ1n) is 7.87. The van der Waals surface area contributed by atoms with E-state index < -0.39 is 18.0 Å². The number of ether oxygens (including phenoxy) is 1. The van der Waals surface area contributed by atoms with E-state index in [2.05, 4.69) is 15.5 Å². The minimum atomic E-state index is -0.934. The minimum absolute atomic E-state index is 0.284. The number of fused-ring (bicyclic) bond motifs is 1. The fraction of sp³-hybridized carbons (Fsp3) is 0.222. The first kappa shape index (κ1) is 16.6. The maximum atomic E-state index is 12.5. The Morgan fingerprint density at radius 2 is 2.12 bits per heavy atom. The Hall–Kier alpha value is -3.22. The smallest absolute Gasteiger partial charge is 0.339 e. The Balaban J connectivity index is 1.76. The lowest BCUT2D eigenvalue weighted by atomic mass is 10.1. The highest BCUT2D eigenvalue weighted by Crippen LogP contribution is 2.19. The van der Waals surface area contributed by atoms with Crippen molar-refractivity contribution < 1.29 is 18.8 Å². The van der Waals surface area contributed by atoms with E-state index in [0.717, 1.165) is 0 Å². The number of nitrogens with zero attached hydrogens (tertiary/aromatic N) is 2. The van der Waals surface area contributed by atoms with E-state index in [4.69, 9.17) is 9.26 Å². The quantitative estimate of drug-likeness (QED) is 0.718. The van der Waals surface area contributed by atoms with Crippen molar-refractivity contribution in [1.82, 2.24) is 10.1 Å².